The lowest BCUT2D eigenvalue weighted by molar-refractivity contribution is -0.174. The molecule has 0 atom stereocenters. The summed E-state index contributed by atoms with van der Waals surface area (Å²) in [6, 6.07) is 0. The highest BCUT2D eigenvalue weighted by molar-refractivity contribution is 7.09. The fraction of sp³-hybridized carbons (Fsp3) is 0.692. The van der Waals surface area contributed by atoms with E-state index in [4.69, 9.17) is 0 Å². The van der Waals surface area contributed by atoms with Crippen LogP contribution in [0.15, 0.2) is 5.38 Å². The molecular weight excluding hydrogens is 291 g/mol. The molecule has 20 heavy (non-hydrogen) atoms. The maximum absolute atomic E-state index is 11.8. The number of alkyl halides is 3. The second-order valence-corrected chi connectivity index (χ2v) is 6.45. The van der Waals surface area contributed by atoms with Gasteiger partial charge in [-0.15, -0.1) is 11.3 Å². The van der Waals surface area contributed by atoms with E-state index in [1.54, 1.807) is 0 Å². The molecule has 0 aliphatic carbocycles. The zero-order valence-electron chi connectivity index (χ0n) is 11.7. The van der Waals surface area contributed by atoms with Gasteiger partial charge in [-0.3, -0.25) is 4.79 Å². The summed E-state index contributed by atoms with van der Waals surface area (Å²) in [6.45, 7) is 4.55. The average Bonchev–Trinajstić information content (AvgIpc) is 2.71. The van der Waals surface area contributed by atoms with Crippen molar-refractivity contribution in [2.75, 3.05) is 13.2 Å². The molecule has 0 aromatic carbocycles. The van der Waals surface area contributed by atoms with Gasteiger partial charge in [-0.2, -0.15) is 13.2 Å². The minimum absolute atomic E-state index is 0.0273. The van der Waals surface area contributed by atoms with Crippen LogP contribution in [0.5, 0.6) is 0 Å². The molecule has 114 valence electrons. The van der Waals surface area contributed by atoms with Crippen molar-refractivity contribution in [1.82, 2.24) is 4.98 Å². The number of nitrogens with zero attached hydrogens (tertiary/aromatic N) is 1. The summed E-state index contributed by atoms with van der Waals surface area (Å²) < 4.78 is 39.9. The Morgan fingerprint density at radius 2 is 2.00 bits per heavy atom. The summed E-state index contributed by atoms with van der Waals surface area (Å²) in [4.78, 5) is 16.0. The Labute approximate surface area is 120 Å². The molecule has 1 rings (SSSR count). The number of carbonyl (C=O) groups is 1. The molecule has 7 heteroatoms. The third-order valence-corrected chi connectivity index (χ3v) is 3.31. The summed E-state index contributed by atoms with van der Waals surface area (Å²) in [5, 5.41) is 2.60. The van der Waals surface area contributed by atoms with Crippen LogP contribution >= 0.6 is 11.3 Å². The van der Waals surface area contributed by atoms with Gasteiger partial charge in [0.2, 0.25) is 0 Å². The van der Waals surface area contributed by atoms with E-state index in [0.717, 1.165) is 5.69 Å². The van der Waals surface area contributed by atoms with E-state index in [1.807, 2.05) is 26.2 Å². The van der Waals surface area contributed by atoms with Gasteiger partial charge in [-0.05, 0) is 0 Å². The van der Waals surface area contributed by atoms with E-state index < -0.39 is 12.8 Å². The SMILES string of the molecule is CC(C)(C)c1csc(CC(=O)CCOCC(F)(F)F)n1. The Hall–Kier alpha value is -0.950. The Kier molecular flexibility index (Phi) is 5.70. The van der Waals surface area contributed by atoms with Crippen LogP contribution in [-0.4, -0.2) is 30.2 Å². The van der Waals surface area contributed by atoms with Gasteiger partial charge in [0.1, 0.15) is 17.4 Å². The number of ketones is 1. The number of Topliss-reactive ketones (excluding diaryl/α,β-unsaturated/α-hetero) is 1. The maximum Gasteiger partial charge on any atom is 0.411 e. The van der Waals surface area contributed by atoms with Crippen molar-refractivity contribution in [2.45, 2.75) is 45.2 Å². The molecule has 1 aromatic heterocycles. The molecule has 0 radical (unpaired) electrons. The first-order valence-corrected chi connectivity index (χ1v) is 7.07. The summed E-state index contributed by atoms with van der Waals surface area (Å²) in [7, 11) is 0. The van der Waals surface area contributed by atoms with E-state index in [2.05, 4.69) is 9.72 Å². The van der Waals surface area contributed by atoms with Gasteiger partial charge in [0.25, 0.3) is 0 Å². The number of hydrogen-bond acceptors (Lipinski definition) is 4. The highest BCUT2D eigenvalue weighted by atomic mass is 32.1. The average molecular weight is 309 g/mol. The number of hydrogen-bond donors (Lipinski definition) is 0. The third kappa shape index (κ3) is 6.47. The monoisotopic (exact) mass is 309 g/mol. The lowest BCUT2D eigenvalue weighted by Crippen LogP contribution is -2.18. The Balaban J connectivity index is 2.34. The molecule has 0 fully saturated rings. The summed E-state index contributed by atoms with van der Waals surface area (Å²) >= 11 is 1.40. The second-order valence-electron chi connectivity index (χ2n) is 5.51. The number of aromatic nitrogens is 1. The topological polar surface area (TPSA) is 39.2 Å². The van der Waals surface area contributed by atoms with Gasteiger partial charge in [0.05, 0.1) is 18.7 Å². The molecule has 0 N–H and O–H groups in total. The minimum Gasteiger partial charge on any atom is -0.372 e. The number of carbonyl (C=O) groups excluding carboxylic acids is 1. The smallest absolute Gasteiger partial charge is 0.372 e. The standard InChI is InChI=1S/C13H18F3NO2S/c1-12(2,3)10-7-20-11(17-10)6-9(18)4-5-19-8-13(14,15)16/h7H,4-6,8H2,1-3H3. The fourth-order valence-corrected chi connectivity index (χ4v) is 2.42. The molecular formula is C13H18F3NO2S. The van der Waals surface area contributed by atoms with Crippen LogP contribution in [0.3, 0.4) is 0 Å². The van der Waals surface area contributed by atoms with E-state index >= 15 is 0 Å². The molecule has 0 unspecified atom stereocenters. The van der Waals surface area contributed by atoms with Gasteiger partial charge < -0.3 is 4.74 Å². The number of halogens is 3. The van der Waals surface area contributed by atoms with E-state index in [1.165, 1.54) is 11.3 Å². The van der Waals surface area contributed by atoms with Crippen molar-refractivity contribution in [2.24, 2.45) is 0 Å². The molecule has 3 nitrogen and oxygen atoms in total. The summed E-state index contributed by atoms with van der Waals surface area (Å²) in [6.07, 6.45) is -4.23. The lowest BCUT2D eigenvalue weighted by Gasteiger charge is -2.14. The Morgan fingerprint density at radius 3 is 2.50 bits per heavy atom. The first kappa shape index (κ1) is 17.1. The molecule has 1 heterocycles. The van der Waals surface area contributed by atoms with Gasteiger partial charge >= 0.3 is 6.18 Å². The minimum atomic E-state index is -4.35. The number of rotatable bonds is 6. The molecule has 0 aliphatic heterocycles. The first-order chi connectivity index (χ1) is 9.08. The molecule has 0 saturated carbocycles. The summed E-state index contributed by atoms with van der Waals surface area (Å²) in [5.74, 6) is -0.165. The summed E-state index contributed by atoms with van der Waals surface area (Å²) in [5.41, 5.74) is 0.840. The highest BCUT2D eigenvalue weighted by Crippen LogP contribution is 2.24. The van der Waals surface area contributed by atoms with E-state index in [0.29, 0.717) is 5.01 Å². The van der Waals surface area contributed by atoms with Crippen LogP contribution in [-0.2, 0) is 21.4 Å². The predicted octanol–water partition coefficient (Wildman–Crippen LogP) is 3.52. The zero-order chi connectivity index (χ0) is 15.4. The van der Waals surface area contributed by atoms with Crippen molar-refractivity contribution < 1.29 is 22.7 Å². The molecule has 0 bridgehead atoms. The van der Waals surface area contributed by atoms with Crippen LogP contribution < -0.4 is 0 Å². The molecule has 0 spiro atoms. The van der Waals surface area contributed by atoms with Crippen molar-refractivity contribution in [1.29, 1.82) is 0 Å². The quantitative estimate of drug-likeness (QED) is 0.755. The van der Waals surface area contributed by atoms with Crippen LogP contribution in [0, 0.1) is 0 Å². The van der Waals surface area contributed by atoms with Crippen molar-refractivity contribution in [3.8, 4) is 0 Å². The van der Waals surface area contributed by atoms with Crippen molar-refractivity contribution in [3.05, 3.63) is 16.1 Å². The molecule has 1 aromatic rings. The van der Waals surface area contributed by atoms with Gasteiger partial charge in [0, 0.05) is 17.2 Å². The second kappa shape index (κ2) is 6.67. The van der Waals surface area contributed by atoms with Crippen molar-refractivity contribution in [3.63, 3.8) is 0 Å². The number of ether oxygens (including phenoxy) is 1. The fourth-order valence-electron chi connectivity index (χ4n) is 1.37. The highest BCUT2D eigenvalue weighted by Gasteiger charge is 2.27. The normalized spacial score (nSPS) is 12.7. The molecule has 0 amide bonds. The van der Waals surface area contributed by atoms with Crippen molar-refractivity contribution >= 4 is 17.1 Å². The predicted molar refractivity (Wildman–Crippen MR) is 71.0 cm³/mol. The third-order valence-electron chi connectivity index (χ3n) is 2.46. The zero-order valence-corrected chi connectivity index (χ0v) is 12.5. The van der Waals surface area contributed by atoms with Crippen LogP contribution in [0.2, 0.25) is 0 Å². The molecule has 0 saturated heterocycles. The van der Waals surface area contributed by atoms with Crippen LogP contribution in [0.25, 0.3) is 0 Å². The Morgan fingerprint density at radius 1 is 1.35 bits per heavy atom. The van der Waals surface area contributed by atoms with Crippen LogP contribution in [0.1, 0.15) is 37.9 Å². The lowest BCUT2D eigenvalue weighted by atomic mass is 9.93. The van der Waals surface area contributed by atoms with Gasteiger partial charge in [-0.1, -0.05) is 20.8 Å². The van der Waals surface area contributed by atoms with E-state index in [9.17, 15) is 18.0 Å². The van der Waals surface area contributed by atoms with Gasteiger partial charge in [0.15, 0.2) is 0 Å². The van der Waals surface area contributed by atoms with Crippen LogP contribution in [0.4, 0.5) is 13.2 Å². The largest absolute Gasteiger partial charge is 0.411 e. The molecule has 0 aliphatic rings. The van der Waals surface area contributed by atoms with E-state index in [-0.39, 0.29) is 30.6 Å². The number of thiazole rings is 1. The maximum atomic E-state index is 11.8. The Bertz CT molecular complexity index is 449. The van der Waals surface area contributed by atoms with Gasteiger partial charge in [-0.25, -0.2) is 4.98 Å². The first-order valence-electron chi connectivity index (χ1n) is 6.19.